The molecule has 1 atom stereocenters. The predicted octanol–water partition coefficient (Wildman–Crippen LogP) is 7.04. The Balaban J connectivity index is 1.62. The van der Waals surface area contributed by atoms with Crippen molar-refractivity contribution < 1.29 is 9.13 Å². The first-order chi connectivity index (χ1) is 16.4. The molecule has 1 aromatic heterocycles. The Kier molecular flexibility index (Phi) is 7.58. The highest BCUT2D eigenvalue weighted by Crippen LogP contribution is 2.27. The van der Waals surface area contributed by atoms with Gasteiger partial charge < -0.3 is 4.74 Å². The van der Waals surface area contributed by atoms with E-state index in [2.05, 4.69) is 43.9 Å². The topological polar surface area (TPSA) is 56.5 Å². The van der Waals surface area contributed by atoms with E-state index >= 15 is 0 Å². The number of hydrogen-bond acceptors (Lipinski definition) is 4. The quantitative estimate of drug-likeness (QED) is 0.218. The second-order valence-corrected chi connectivity index (χ2v) is 9.68. The maximum atomic E-state index is 13.2. The Labute approximate surface area is 213 Å². The molecule has 0 amide bonds. The third kappa shape index (κ3) is 5.45. The van der Waals surface area contributed by atoms with Crippen molar-refractivity contribution in [3.8, 4) is 5.75 Å². The third-order valence-corrected chi connectivity index (χ3v) is 6.59. The minimum atomic E-state index is -0.279. The fraction of sp³-hybridized carbons (Fsp3) is 0.192. The Morgan fingerprint density at radius 3 is 2.59 bits per heavy atom. The number of nitrogens with zero attached hydrogens (tertiary/aromatic N) is 3. The lowest BCUT2D eigenvalue weighted by Crippen LogP contribution is -2.23. The van der Waals surface area contributed by atoms with E-state index in [1.807, 2.05) is 37.3 Å². The smallest absolute Gasteiger partial charge is 0.282 e. The van der Waals surface area contributed by atoms with Crippen LogP contribution in [-0.4, -0.2) is 15.9 Å². The van der Waals surface area contributed by atoms with Crippen LogP contribution in [0.2, 0.25) is 0 Å². The van der Waals surface area contributed by atoms with E-state index in [0.29, 0.717) is 29.1 Å². The predicted molar refractivity (Wildman–Crippen MR) is 140 cm³/mol. The summed E-state index contributed by atoms with van der Waals surface area (Å²) in [6, 6.07) is 17.2. The summed E-state index contributed by atoms with van der Waals surface area (Å²) in [5.74, 6) is 1.05. The van der Waals surface area contributed by atoms with Gasteiger partial charge in [0.05, 0.1) is 21.6 Å². The zero-order valence-corrected chi connectivity index (χ0v) is 21.8. The molecule has 0 fully saturated rings. The van der Waals surface area contributed by atoms with Gasteiger partial charge in [-0.05, 0) is 82.0 Å². The highest BCUT2D eigenvalue weighted by atomic mass is 79.9. The molecule has 0 unspecified atom stereocenters. The van der Waals surface area contributed by atoms with Crippen LogP contribution in [0.4, 0.5) is 4.39 Å². The van der Waals surface area contributed by atoms with Crippen LogP contribution in [0.25, 0.3) is 10.9 Å². The first-order valence-corrected chi connectivity index (χ1v) is 12.4. The number of ether oxygens (including phenoxy) is 1. The van der Waals surface area contributed by atoms with Gasteiger partial charge in [0, 0.05) is 10.4 Å². The number of aromatic nitrogens is 2. The molecule has 8 heteroatoms. The molecule has 0 saturated carbocycles. The summed E-state index contributed by atoms with van der Waals surface area (Å²) >= 11 is 6.95. The van der Waals surface area contributed by atoms with E-state index in [4.69, 9.17) is 9.72 Å². The van der Waals surface area contributed by atoms with Gasteiger partial charge in [-0.3, -0.25) is 4.79 Å². The molecule has 0 aliphatic heterocycles. The Morgan fingerprint density at radius 1 is 1.12 bits per heavy atom. The zero-order valence-electron chi connectivity index (χ0n) is 18.6. The molecule has 0 aliphatic carbocycles. The summed E-state index contributed by atoms with van der Waals surface area (Å²) in [4.78, 5) is 18.0. The van der Waals surface area contributed by atoms with Crippen LogP contribution in [-0.2, 0) is 6.61 Å². The van der Waals surface area contributed by atoms with Crippen molar-refractivity contribution >= 4 is 49.0 Å². The Bertz CT molecular complexity index is 1420. The largest absolute Gasteiger partial charge is 0.488 e. The van der Waals surface area contributed by atoms with E-state index in [9.17, 15) is 9.18 Å². The molecule has 0 aliphatic rings. The minimum absolute atomic E-state index is 0.0619. The number of halogens is 3. The average Bonchev–Trinajstić information content (AvgIpc) is 2.83. The standard InChI is InChI=1S/C26H22Br2FN3O2/c1-3-16(2)25-31-23-10-7-19(27)13-21(23)26(33)32(25)30-14-18-6-11-24(22(28)12-18)34-15-17-4-8-20(29)9-5-17/h4-14,16H,3,15H2,1-2H3/t16-/m1/s1. The maximum Gasteiger partial charge on any atom is 0.282 e. The van der Waals surface area contributed by atoms with E-state index in [0.717, 1.165) is 26.5 Å². The van der Waals surface area contributed by atoms with Gasteiger partial charge in [-0.1, -0.05) is 41.9 Å². The molecule has 5 nitrogen and oxygen atoms in total. The van der Waals surface area contributed by atoms with E-state index in [-0.39, 0.29) is 17.3 Å². The van der Waals surface area contributed by atoms with Crippen molar-refractivity contribution in [3.63, 3.8) is 0 Å². The lowest BCUT2D eigenvalue weighted by Gasteiger charge is -2.14. The van der Waals surface area contributed by atoms with Crippen LogP contribution in [0.3, 0.4) is 0 Å². The van der Waals surface area contributed by atoms with Gasteiger partial charge in [-0.15, -0.1) is 0 Å². The van der Waals surface area contributed by atoms with Crippen molar-refractivity contribution in [2.24, 2.45) is 5.10 Å². The molecule has 3 aromatic carbocycles. The molecule has 0 bridgehead atoms. The average molecular weight is 587 g/mol. The van der Waals surface area contributed by atoms with Gasteiger partial charge in [-0.25, -0.2) is 9.37 Å². The van der Waals surface area contributed by atoms with Crippen LogP contribution in [0.15, 0.2) is 79.5 Å². The summed E-state index contributed by atoms with van der Waals surface area (Å²) in [5.41, 5.74) is 2.10. The van der Waals surface area contributed by atoms with Crippen molar-refractivity contribution in [2.45, 2.75) is 32.8 Å². The summed E-state index contributed by atoms with van der Waals surface area (Å²) in [7, 11) is 0. The van der Waals surface area contributed by atoms with Gasteiger partial charge in [0.2, 0.25) is 0 Å². The molecule has 4 rings (SSSR count). The molecule has 34 heavy (non-hydrogen) atoms. The highest BCUT2D eigenvalue weighted by Gasteiger charge is 2.15. The third-order valence-electron chi connectivity index (χ3n) is 5.47. The van der Waals surface area contributed by atoms with Crippen molar-refractivity contribution in [3.05, 3.63) is 103 Å². The minimum Gasteiger partial charge on any atom is -0.488 e. The van der Waals surface area contributed by atoms with Crippen LogP contribution in [0.1, 0.15) is 43.1 Å². The molecule has 0 spiro atoms. The number of fused-ring (bicyclic) bond motifs is 1. The summed E-state index contributed by atoms with van der Waals surface area (Å²) < 4.78 is 21.9. The van der Waals surface area contributed by atoms with Crippen molar-refractivity contribution in [1.29, 1.82) is 0 Å². The van der Waals surface area contributed by atoms with Crippen molar-refractivity contribution in [2.75, 3.05) is 0 Å². The van der Waals surface area contributed by atoms with E-state index in [1.54, 1.807) is 24.4 Å². The molecule has 0 radical (unpaired) electrons. The number of hydrogen-bond donors (Lipinski definition) is 0. The monoisotopic (exact) mass is 585 g/mol. The molecule has 4 aromatic rings. The van der Waals surface area contributed by atoms with Crippen LogP contribution >= 0.6 is 31.9 Å². The molecular formula is C26H22Br2FN3O2. The second-order valence-electron chi connectivity index (χ2n) is 7.91. The maximum absolute atomic E-state index is 13.2. The number of rotatable bonds is 7. The zero-order chi connectivity index (χ0) is 24.2. The Morgan fingerprint density at radius 2 is 1.88 bits per heavy atom. The molecule has 0 saturated heterocycles. The summed E-state index contributed by atoms with van der Waals surface area (Å²) in [6.07, 6.45) is 2.46. The van der Waals surface area contributed by atoms with Gasteiger partial charge in [0.25, 0.3) is 5.56 Å². The summed E-state index contributed by atoms with van der Waals surface area (Å²) in [5, 5.41) is 5.01. The SMILES string of the molecule is CC[C@@H](C)c1nc2ccc(Br)cc2c(=O)n1N=Cc1ccc(OCc2ccc(F)cc2)c(Br)c1. The van der Waals surface area contributed by atoms with Gasteiger partial charge in [0.1, 0.15) is 24.0 Å². The fourth-order valence-corrected chi connectivity index (χ4v) is 4.23. The van der Waals surface area contributed by atoms with E-state index in [1.165, 1.54) is 16.8 Å². The van der Waals surface area contributed by atoms with Gasteiger partial charge in [0.15, 0.2) is 0 Å². The lowest BCUT2D eigenvalue weighted by atomic mass is 10.1. The van der Waals surface area contributed by atoms with Crippen LogP contribution < -0.4 is 10.3 Å². The van der Waals surface area contributed by atoms with Crippen molar-refractivity contribution in [1.82, 2.24) is 9.66 Å². The lowest BCUT2D eigenvalue weighted by molar-refractivity contribution is 0.304. The van der Waals surface area contributed by atoms with Crippen LogP contribution in [0, 0.1) is 5.82 Å². The second kappa shape index (κ2) is 10.6. The van der Waals surface area contributed by atoms with Crippen LogP contribution in [0.5, 0.6) is 5.75 Å². The fourth-order valence-electron chi connectivity index (χ4n) is 3.36. The van der Waals surface area contributed by atoms with Gasteiger partial charge >= 0.3 is 0 Å². The van der Waals surface area contributed by atoms with Gasteiger partial charge in [-0.2, -0.15) is 9.78 Å². The molecular weight excluding hydrogens is 565 g/mol. The molecule has 0 N–H and O–H groups in total. The normalized spacial score (nSPS) is 12.4. The first-order valence-electron chi connectivity index (χ1n) is 10.8. The molecule has 1 heterocycles. The van der Waals surface area contributed by atoms with E-state index < -0.39 is 0 Å². The summed E-state index contributed by atoms with van der Waals surface area (Å²) in [6.45, 7) is 4.40. The first kappa shape index (κ1) is 24.3. The number of benzene rings is 3. The molecule has 174 valence electrons. The highest BCUT2D eigenvalue weighted by molar-refractivity contribution is 9.10. The Hall–Kier alpha value is -2.84.